The van der Waals surface area contributed by atoms with Gasteiger partial charge in [0.2, 0.25) is 0 Å². The minimum Gasteiger partial charge on any atom is -0.490 e. The Kier molecular flexibility index (Phi) is 4.85. The van der Waals surface area contributed by atoms with E-state index < -0.39 is 5.97 Å². The summed E-state index contributed by atoms with van der Waals surface area (Å²) in [7, 11) is 0. The molecule has 2 aromatic rings. The molecule has 0 atom stereocenters. The van der Waals surface area contributed by atoms with Gasteiger partial charge >= 0.3 is 5.97 Å². The quantitative estimate of drug-likeness (QED) is 0.522. The molecule has 4 nitrogen and oxygen atoms in total. The van der Waals surface area contributed by atoms with Crippen LogP contribution in [0, 0.1) is 0 Å². The molecule has 0 aliphatic rings. The number of nitrogens with two attached hydrogens (primary N) is 1. The van der Waals surface area contributed by atoms with Crippen molar-refractivity contribution >= 4 is 23.3 Å². The smallest absolute Gasteiger partial charge is 0.338 e. The molecule has 0 amide bonds. The number of para-hydroxylation sites is 1. The minimum absolute atomic E-state index is 0.153. The number of rotatable bonds is 5. The fraction of sp³-hybridized carbons (Fsp3) is 0.133. The van der Waals surface area contributed by atoms with Gasteiger partial charge in [0.1, 0.15) is 19.0 Å². The zero-order valence-corrected chi connectivity index (χ0v) is 11.5. The lowest BCUT2D eigenvalue weighted by molar-refractivity contribution is 0.0450. The van der Waals surface area contributed by atoms with Gasteiger partial charge in [-0.05, 0) is 30.3 Å². The van der Waals surface area contributed by atoms with Crippen molar-refractivity contribution < 1.29 is 14.3 Å². The number of hydrogen-bond donors (Lipinski definition) is 1. The molecule has 104 valence electrons. The van der Waals surface area contributed by atoms with Gasteiger partial charge in [-0.1, -0.05) is 29.8 Å². The zero-order chi connectivity index (χ0) is 14.4. The number of carbonyl (C=O) groups excluding carboxylic acids is 1. The van der Waals surface area contributed by atoms with E-state index in [1.165, 1.54) is 12.1 Å². The Bertz CT molecular complexity index is 567. The van der Waals surface area contributed by atoms with E-state index in [0.29, 0.717) is 16.3 Å². The minimum atomic E-state index is -0.476. The number of nitrogen functional groups attached to an aromatic ring is 1. The van der Waals surface area contributed by atoms with Gasteiger partial charge in [0.25, 0.3) is 0 Å². The first-order chi connectivity index (χ1) is 9.65. The van der Waals surface area contributed by atoms with E-state index in [-0.39, 0.29) is 13.2 Å². The summed E-state index contributed by atoms with van der Waals surface area (Å²) in [5.74, 6) is 0.256. The SMILES string of the molecule is Nc1cc(Cl)cc(C(=O)OCCOc2ccccc2)c1. The largest absolute Gasteiger partial charge is 0.490 e. The average molecular weight is 292 g/mol. The van der Waals surface area contributed by atoms with Crippen LogP contribution in [-0.4, -0.2) is 19.2 Å². The van der Waals surface area contributed by atoms with Crippen LogP contribution in [0.5, 0.6) is 5.75 Å². The summed E-state index contributed by atoms with van der Waals surface area (Å²) in [6.07, 6.45) is 0. The maximum absolute atomic E-state index is 11.8. The summed E-state index contributed by atoms with van der Waals surface area (Å²) in [4.78, 5) is 11.8. The van der Waals surface area contributed by atoms with Crippen molar-refractivity contribution in [2.75, 3.05) is 18.9 Å². The Labute approximate surface area is 122 Å². The van der Waals surface area contributed by atoms with Crippen molar-refractivity contribution in [2.24, 2.45) is 0 Å². The van der Waals surface area contributed by atoms with Crippen LogP contribution in [0.3, 0.4) is 0 Å². The van der Waals surface area contributed by atoms with Crippen molar-refractivity contribution in [2.45, 2.75) is 0 Å². The van der Waals surface area contributed by atoms with E-state index >= 15 is 0 Å². The monoisotopic (exact) mass is 291 g/mol. The molecule has 0 heterocycles. The molecule has 5 heteroatoms. The van der Waals surface area contributed by atoms with Crippen LogP contribution in [0.25, 0.3) is 0 Å². The van der Waals surface area contributed by atoms with E-state index in [1.54, 1.807) is 6.07 Å². The van der Waals surface area contributed by atoms with Gasteiger partial charge in [-0.2, -0.15) is 0 Å². The molecular formula is C15H14ClNO3. The average Bonchev–Trinajstić information content (AvgIpc) is 2.43. The molecule has 0 spiro atoms. The van der Waals surface area contributed by atoms with Gasteiger partial charge in [0.15, 0.2) is 0 Å². The fourth-order valence-electron chi connectivity index (χ4n) is 1.62. The van der Waals surface area contributed by atoms with Gasteiger partial charge in [-0.15, -0.1) is 0 Å². The van der Waals surface area contributed by atoms with Crippen molar-refractivity contribution in [3.05, 3.63) is 59.1 Å². The molecule has 2 rings (SSSR count). The number of anilines is 1. The third kappa shape index (κ3) is 4.17. The summed E-state index contributed by atoms with van der Waals surface area (Å²) >= 11 is 5.82. The molecule has 0 aromatic heterocycles. The first kappa shape index (κ1) is 14.2. The van der Waals surface area contributed by atoms with Crippen LogP contribution in [0.15, 0.2) is 48.5 Å². The molecule has 0 saturated heterocycles. The Hall–Kier alpha value is -2.20. The highest BCUT2D eigenvalue weighted by molar-refractivity contribution is 6.31. The second-order valence-electron chi connectivity index (χ2n) is 4.07. The van der Waals surface area contributed by atoms with E-state index in [1.807, 2.05) is 30.3 Å². The molecular weight excluding hydrogens is 278 g/mol. The highest BCUT2D eigenvalue weighted by Crippen LogP contribution is 2.17. The molecule has 0 aliphatic carbocycles. The Morgan fingerprint density at radius 1 is 1.10 bits per heavy atom. The van der Waals surface area contributed by atoms with Gasteiger partial charge in [-0.3, -0.25) is 0 Å². The van der Waals surface area contributed by atoms with E-state index in [9.17, 15) is 4.79 Å². The summed E-state index contributed by atoms with van der Waals surface area (Å²) in [6, 6.07) is 13.9. The third-order valence-corrected chi connectivity index (χ3v) is 2.70. The lowest BCUT2D eigenvalue weighted by atomic mass is 10.2. The molecule has 0 aliphatic heterocycles. The second-order valence-corrected chi connectivity index (χ2v) is 4.51. The predicted octanol–water partition coefficient (Wildman–Crippen LogP) is 3.16. The number of carbonyl (C=O) groups is 1. The Balaban J connectivity index is 1.80. The van der Waals surface area contributed by atoms with Crippen LogP contribution in [0.2, 0.25) is 5.02 Å². The Morgan fingerprint density at radius 2 is 1.85 bits per heavy atom. The third-order valence-electron chi connectivity index (χ3n) is 2.48. The molecule has 2 N–H and O–H groups in total. The molecule has 0 fully saturated rings. The molecule has 0 radical (unpaired) electrons. The zero-order valence-electron chi connectivity index (χ0n) is 10.7. The topological polar surface area (TPSA) is 61.6 Å². The van der Waals surface area contributed by atoms with Crippen molar-refractivity contribution in [3.63, 3.8) is 0 Å². The van der Waals surface area contributed by atoms with Gasteiger partial charge in [0, 0.05) is 10.7 Å². The molecule has 2 aromatic carbocycles. The summed E-state index contributed by atoms with van der Waals surface area (Å²) < 4.78 is 10.5. The number of hydrogen-bond acceptors (Lipinski definition) is 4. The highest BCUT2D eigenvalue weighted by atomic mass is 35.5. The van der Waals surface area contributed by atoms with Crippen LogP contribution >= 0.6 is 11.6 Å². The Morgan fingerprint density at radius 3 is 2.55 bits per heavy atom. The van der Waals surface area contributed by atoms with E-state index in [4.69, 9.17) is 26.8 Å². The molecule has 0 saturated carbocycles. The number of benzene rings is 2. The van der Waals surface area contributed by atoms with Crippen molar-refractivity contribution in [1.29, 1.82) is 0 Å². The standard InChI is InChI=1S/C15H14ClNO3/c16-12-8-11(9-13(17)10-12)15(18)20-7-6-19-14-4-2-1-3-5-14/h1-5,8-10H,6-7,17H2. The van der Waals surface area contributed by atoms with E-state index in [0.717, 1.165) is 5.75 Å². The first-order valence-corrected chi connectivity index (χ1v) is 6.44. The fourth-order valence-corrected chi connectivity index (χ4v) is 1.87. The lowest BCUT2D eigenvalue weighted by Crippen LogP contribution is -2.12. The van der Waals surface area contributed by atoms with Crippen molar-refractivity contribution in [3.8, 4) is 5.75 Å². The van der Waals surface area contributed by atoms with Crippen LogP contribution in [0.4, 0.5) is 5.69 Å². The van der Waals surface area contributed by atoms with Crippen LogP contribution < -0.4 is 10.5 Å². The summed E-state index contributed by atoms with van der Waals surface area (Å²) in [5.41, 5.74) is 6.36. The van der Waals surface area contributed by atoms with Gasteiger partial charge in [0.05, 0.1) is 5.56 Å². The van der Waals surface area contributed by atoms with Crippen LogP contribution in [0.1, 0.15) is 10.4 Å². The number of ether oxygens (including phenoxy) is 2. The molecule has 20 heavy (non-hydrogen) atoms. The van der Waals surface area contributed by atoms with Crippen LogP contribution in [-0.2, 0) is 4.74 Å². The number of halogens is 1. The normalized spacial score (nSPS) is 10.1. The summed E-state index contributed by atoms with van der Waals surface area (Å²) in [5, 5.41) is 0.400. The highest BCUT2D eigenvalue weighted by Gasteiger charge is 2.08. The number of esters is 1. The maximum Gasteiger partial charge on any atom is 0.338 e. The predicted molar refractivity (Wildman–Crippen MR) is 78.1 cm³/mol. The lowest BCUT2D eigenvalue weighted by Gasteiger charge is -2.08. The van der Waals surface area contributed by atoms with E-state index in [2.05, 4.69) is 0 Å². The molecule has 0 unspecified atom stereocenters. The van der Waals surface area contributed by atoms with Gasteiger partial charge < -0.3 is 15.2 Å². The molecule has 0 bridgehead atoms. The first-order valence-electron chi connectivity index (χ1n) is 6.06. The maximum atomic E-state index is 11.8. The summed E-state index contributed by atoms with van der Waals surface area (Å²) in [6.45, 7) is 0.436. The van der Waals surface area contributed by atoms with Gasteiger partial charge in [-0.25, -0.2) is 4.79 Å². The van der Waals surface area contributed by atoms with Crippen molar-refractivity contribution in [1.82, 2.24) is 0 Å². The second kappa shape index (κ2) is 6.82.